The van der Waals surface area contributed by atoms with E-state index in [1.54, 1.807) is 19.5 Å². The molecule has 1 aromatic heterocycles. The van der Waals surface area contributed by atoms with E-state index in [1.807, 2.05) is 0 Å². The van der Waals surface area contributed by atoms with Gasteiger partial charge in [-0.15, -0.1) is 0 Å². The Morgan fingerprint density at radius 3 is 2.31 bits per heavy atom. The van der Waals surface area contributed by atoms with Gasteiger partial charge in [-0.3, -0.25) is 0 Å². The minimum Gasteiger partial charge on any atom is -0.480 e. The third-order valence-electron chi connectivity index (χ3n) is 1.34. The summed E-state index contributed by atoms with van der Waals surface area (Å²) in [5, 5.41) is 3.20. The fourth-order valence-electron chi connectivity index (χ4n) is 0.870. The molecule has 0 atom stereocenters. The molecular weight excluding hydrogens is 166 g/mol. The summed E-state index contributed by atoms with van der Waals surface area (Å²) in [7, 11) is 1.57. The van der Waals surface area contributed by atoms with E-state index < -0.39 is 0 Å². The average Bonchev–Trinajstić information content (AvgIpc) is 2.03. The van der Waals surface area contributed by atoms with E-state index >= 15 is 0 Å². The Morgan fingerprint density at radius 2 is 1.92 bits per heavy atom. The molecule has 0 unspecified atom stereocenters. The largest absolute Gasteiger partial charge is 0.480 e. The fourth-order valence-corrected chi connectivity index (χ4v) is 0.870. The predicted molar refractivity (Wildman–Crippen MR) is 52.0 cm³/mol. The lowest BCUT2D eigenvalue weighted by Gasteiger charge is -2.20. The molecule has 13 heavy (non-hydrogen) atoms. The second-order valence-corrected chi connectivity index (χ2v) is 3.82. The van der Waals surface area contributed by atoms with Gasteiger partial charge in [0.05, 0.1) is 19.5 Å². The van der Waals surface area contributed by atoms with Crippen LogP contribution < -0.4 is 10.1 Å². The fraction of sp³-hybridized carbons (Fsp3) is 0.556. The number of nitrogens with one attached hydrogen (secondary N) is 1. The molecule has 0 aliphatic rings. The molecule has 0 saturated heterocycles. The maximum atomic E-state index is 4.90. The molecule has 4 heteroatoms. The van der Waals surface area contributed by atoms with E-state index in [-0.39, 0.29) is 5.54 Å². The molecule has 0 aromatic carbocycles. The van der Waals surface area contributed by atoms with Crippen LogP contribution in [-0.2, 0) is 0 Å². The molecule has 0 aliphatic heterocycles. The third kappa shape index (κ3) is 3.27. The van der Waals surface area contributed by atoms with Gasteiger partial charge in [0, 0.05) is 5.54 Å². The molecule has 72 valence electrons. The standard InChI is InChI=1S/C9H15N3O/c1-9(2,3)12-7-5-11-8(13-4)6-10-7/h5-6H,1-4H3,(H,10,12). The molecule has 4 nitrogen and oxygen atoms in total. The van der Waals surface area contributed by atoms with Crippen molar-refractivity contribution in [3.8, 4) is 5.88 Å². The molecular formula is C9H15N3O. The Kier molecular flexibility index (Phi) is 2.70. The van der Waals surface area contributed by atoms with Gasteiger partial charge in [0.2, 0.25) is 5.88 Å². The van der Waals surface area contributed by atoms with Crippen molar-refractivity contribution in [3.63, 3.8) is 0 Å². The molecule has 1 heterocycles. The van der Waals surface area contributed by atoms with Crippen molar-refractivity contribution < 1.29 is 4.74 Å². The number of anilines is 1. The van der Waals surface area contributed by atoms with Crippen LogP contribution in [0.3, 0.4) is 0 Å². The second kappa shape index (κ2) is 3.60. The summed E-state index contributed by atoms with van der Waals surface area (Å²) in [5.41, 5.74) is 0.00324. The number of hydrogen-bond acceptors (Lipinski definition) is 4. The topological polar surface area (TPSA) is 47.0 Å². The maximum Gasteiger partial charge on any atom is 0.232 e. The van der Waals surface area contributed by atoms with Crippen LogP contribution in [-0.4, -0.2) is 22.6 Å². The first kappa shape index (κ1) is 9.77. The first-order chi connectivity index (χ1) is 6.01. The van der Waals surface area contributed by atoms with Crippen molar-refractivity contribution in [1.82, 2.24) is 9.97 Å². The summed E-state index contributed by atoms with van der Waals surface area (Å²) in [4.78, 5) is 8.17. The Labute approximate surface area is 78.4 Å². The van der Waals surface area contributed by atoms with Gasteiger partial charge in [-0.2, -0.15) is 0 Å². The molecule has 1 aromatic rings. The third-order valence-corrected chi connectivity index (χ3v) is 1.34. The van der Waals surface area contributed by atoms with Gasteiger partial charge < -0.3 is 10.1 Å². The number of rotatable bonds is 2. The summed E-state index contributed by atoms with van der Waals surface area (Å²) in [5.74, 6) is 1.28. The monoisotopic (exact) mass is 181 g/mol. The Balaban J connectivity index is 2.70. The smallest absolute Gasteiger partial charge is 0.232 e. The van der Waals surface area contributed by atoms with Crippen LogP contribution >= 0.6 is 0 Å². The minimum absolute atomic E-state index is 0.00324. The van der Waals surface area contributed by atoms with E-state index in [1.165, 1.54) is 0 Å². The van der Waals surface area contributed by atoms with Crippen LogP contribution in [0.4, 0.5) is 5.82 Å². The zero-order chi connectivity index (χ0) is 9.90. The van der Waals surface area contributed by atoms with Gasteiger partial charge in [-0.1, -0.05) is 0 Å². The molecule has 0 fully saturated rings. The molecule has 0 amide bonds. The average molecular weight is 181 g/mol. The molecule has 0 bridgehead atoms. The van der Waals surface area contributed by atoms with Crippen LogP contribution in [0.5, 0.6) is 5.88 Å². The normalized spacial score (nSPS) is 11.1. The highest BCUT2D eigenvalue weighted by atomic mass is 16.5. The number of aromatic nitrogens is 2. The highest BCUT2D eigenvalue weighted by Crippen LogP contribution is 2.12. The van der Waals surface area contributed by atoms with Gasteiger partial charge in [0.15, 0.2) is 0 Å². The molecule has 0 spiro atoms. The van der Waals surface area contributed by atoms with Crippen LogP contribution in [0.15, 0.2) is 12.4 Å². The van der Waals surface area contributed by atoms with Gasteiger partial charge in [0.25, 0.3) is 0 Å². The number of methoxy groups -OCH3 is 1. The van der Waals surface area contributed by atoms with Gasteiger partial charge in [-0.25, -0.2) is 9.97 Å². The highest BCUT2D eigenvalue weighted by molar-refractivity contribution is 5.34. The molecule has 0 radical (unpaired) electrons. The van der Waals surface area contributed by atoms with Crippen molar-refractivity contribution in [2.45, 2.75) is 26.3 Å². The predicted octanol–water partition coefficient (Wildman–Crippen LogP) is 1.70. The lowest BCUT2D eigenvalue weighted by molar-refractivity contribution is 0.395. The van der Waals surface area contributed by atoms with Crippen molar-refractivity contribution in [1.29, 1.82) is 0 Å². The molecule has 0 aliphatic carbocycles. The van der Waals surface area contributed by atoms with Crippen LogP contribution in [0.1, 0.15) is 20.8 Å². The van der Waals surface area contributed by atoms with Gasteiger partial charge >= 0.3 is 0 Å². The maximum absolute atomic E-state index is 4.90. The van der Waals surface area contributed by atoms with Crippen molar-refractivity contribution in [2.75, 3.05) is 12.4 Å². The van der Waals surface area contributed by atoms with Crippen molar-refractivity contribution in [3.05, 3.63) is 12.4 Å². The van der Waals surface area contributed by atoms with Crippen LogP contribution in [0.25, 0.3) is 0 Å². The molecule has 0 saturated carbocycles. The quantitative estimate of drug-likeness (QED) is 0.754. The van der Waals surface area contributed by atoms with Crippen molar-refractivity contribution in [2.24, 2.45) is 0 Å². The first-order valence-electron chi connectivity index (χ1n) is 4.15. The summed E-state index contributed by atoms with van der Waals surface area (Å²) in [6.45, 7) is 6.21. The van der Waals surface area contributed by atoms with E-state index in [4.69, 9.17) is 4.74 Å². The summed E-state index contributed by atoms with van der Waals surface area (Å²) in [6, 6.07) is 0. The lowest BCUT2D eigenvalue weighted by Crippen LogP contribution is -2.26. The minimum atomic E-state index is 0.00324. The number of nitrogens with zero attached hydrogens (tertiary/aromatic N) is 2. The van der Waals surface area contributed by atoms with Crippen LogP contribution in [0, 0.1) is 0 Å². The SMILES string of the molecule is COc1cnc(NC(C)(C)C)cn1. The molecule has 1 rings (SSSR count). The highest BCUT2D eigenvalue weighted by Gasteiger charge is 2.09. The summed E-state index contributed by atoms with van der Waals surface area (Å²) >= 11 is 0. The first-order valence-corrected chi connectivity index (χ1v) is 4.15. The second-order valence-electron chi connectivity index (χ2n) is 3.82. The number of hydrogen-bond donors (Lipinski definition) is 1. The van der Waals surface area contributed by atoms with E-state index in [9.17, 15) is 0 Å². The van der Waals surface area contributed by atoms with Gasteiger partial charge in [0.1, 0.15) is 5.82 Å². The van der Waals surface area contributed by atoms with Gasteiger partial charge in [-0.05, 0) is 20.8 Å². The lowest BCUT2D eigenvalue weighted by atomic mass is 10.1. The Morgan fingerprint density at radius 1 is 1.23 bits per heavy atom. The Bertz CT molecular complexity index is 263. The van der Waals surface area contributed by atoms with Crippen molar-refractivity contribution >= 4 is 5.82 Å². The van der Waals surface area contributed by atoms with E-state index in [0.717, 1.165) is 5.82 Å². The summed E-state index contributed by atoms with van der Waals surface area (Å²) < 4.78 is 4.90. The molecule has 1 N–H and O–H groups in total. The Hall–Kier alpha value is -1.32. The summed E-state index contributed by atoms with van der Waals surface area (Å²) in [6.07, 6.45) is 3.25. The van der Waals surface area contributed by atoms with E-state index in [2.05, 4.69) is 36.1 Å². The zero-order valence-electron chi connectivity index (χ0n) is 8.46. The number of ether oxygens (including phenoxy) is 1. The van der Waals surface area contributed by atoms with Crippen LogP contribution in [0.2, 0.25) is 0 Å². The van der Waals surface area contributed by atoms with E-state index in [0.29, 0.717) is 5.88 Å². The zero-order valence-corrected chi connectivity index (χ0v) is 8.46.